The second-order valence-electron chi connectivity index (χ2n) is 3.83. The molecule has 2 unspecified atom stereocenters. The van der Waals surface area contributed by atoms with E-state index < -0.39 is 17.8 Å². The number of amides is 1. The Balaban J connectivity index is 2.46. The fourth-order valence-corrected chi connectivity index (χ4v) is 2.27. The van der Waals surface area contributed by atoms with E-state index in [1.807, 2.05) is 6.07 Å². The molecule has 2 rings (SSSR count). The molecule has 0 aromatic heterocycles. The van der Waals surface area contributed by atoms with Crippen LogP contribution in [0.1, 0.15) is 18.4 Å². The van der Waals surface area contributed by atoms with Crippen molar-refractivity contribution in [2.24, 2.45) is 5.92 Å². The summed E-state index contributed by atoms with van der Waals surface area (Å²) in [5.41, 5.74) is 1.44. The number of carboxylic acid groups (broad SMARTS) is 1. The Morgan fingerprint density at radius 1 is 1.56 bits per heavy atom. The Hall–Kier alpha value is -1.36. The molecule has 1 heterocycles. The van der Waals surface area contributed by atoms with Gasteiger partial charge in [0.15, 0.2) is 0 Å². The molecule has 1 amide bonds. The van der Waals surface area contributed by atoms with E-state index in [0.29, 0.717) is 5.69 Å². The second-order valence-corrected chi connectivity index (χ2v) is 4.74. The van der Waals surface area contributed by atoms with Crippen LogP contribution < -0.4 is 5.32 Å². The standard InChI is InChI=1S/C11H10BrNO3/c1-5(11(15)16)9-7-4-6(12)2-3-8(7)13-10(9)14/h2-5,9H,1H3,(H,13,14)(H,15,16). The number of hydrogen-bond donors (Lipinski definition) is 2. The number of benzene rings is 1. The van der Waals surface area contributed by atoms with Gasteiger partial charge in [0.1, 0.15) is 0 Å². The number of halogens is 1. The monoisotopic (exact) mass is 283 g/mol. The average Bonchev–Trinajstić information content (AvgIpc) is 2.52. The van der Waals surface area contributed by atoms with Gasteiger partial charge >= 0.3 is 5.97 Å². The Labute approximate surface area is 101 Å². The number of carboxylic acids is 1. The van der Waals surface area contributed by atoms with Crippen molar-refractivity contribution in [3.05, 3.63) is 28.2 Å². The lowest BCUT2D eigenvalue weighted by Gasteiger charge is -2.13. The molecule has 2 atom stereocenters. The number of aliphatic carboxylic acids is 1. The zero-order valence-electron chi connectivity index (χ0n) is 8.53. The molecule has 2 N–H and O–H groups in total. The number of nitrogens with one attached hydrogen (secondary N) is 1. The van der Waals surface area contributed by atoms with Crippen LogP contribution in [0.4, 0.5) is 5.69 Å². The average molecular weight is 284 g/mol. The molecule has 1 aliphatic heterocycles. The van der Waals surface area contributed by atoms with Gasteiger partial charge < -0.3 is 10.4 Å². The van der Waals surface area contributed by atoms with Gasteiger partial charge in [-0.25, -0.2) is 0 Å². The first-order chi connectivity index (χ1) is 7.50. The zero-order chi connectivity index (χ0) is 11.9. The summed E-state index contributed by atoms with van der Waals surface area (Å²) in [5.74, 6) is -2.54. The highest BCUT2D eigenvalue weighted by Crippen LogP contribution is 2.38. The van der Waals surface area contributed by atoms with E-state index in [9.17, 15) is 9.59 Å². The van der Waals surface area contributed by atoms with Gasteiger partial charge in [-0.05, 0) is 23.8 Å². The third kappa shape index (κ3) is 1.71. The van der Waals surface area contributed by atoms with Crippen LogP contribution in [0.3, 0.4) is 0 Å². The van der Waals surface area contributed by atoms with Crippen molar-refractivity contribution in [3.63, 3.8) is 0 Å². The fourth-order valence-electron chi connectivity index (χ4n) is 1.90. The summed E-state index contributed by atoms with van der Waals surface area (Å²) in [5, 5.41) is 11.7. The lowest BCUT2D eigenvalue weighted by atomic mass is 9.88. The van der Waals surface area contributed by atoms with Crippen LogP contribution in [-0.2, 0) is 9.59 Å². The molecule has 0 spiro atoms. The summed E-state index contributed by atoms with van der Waals surface area (Å²) < 4.78 is 0.838. The van der Waals surface area contributed by atoms with Crippen LogP contribution in [0.2, 0.25) is 0 Å². The highest BCUT2D eigenvalue weighted by atomic mass is 79.9. The van der Waals surface area contributed by atoms with Crippen LogP contribution in [0, 0.1) is 5.92 Å². The van der Waals surface area contributed by atoms with Crippen LogP contribution in [0.25, 0.3) is 0 Å². The molecule has 16 heavy (non-hydrogen) atoms. The molecule has 1 aromatic rings. The topological polar surface area (TPSA) is 66.4 Å². The summed E-state index contributed by atoms with van der Waals surface area (Å²) >= 11 is 3.31. The van der Waals surface area contributed by atoms with Crippen molar-refractivity contribution in [1.82, 2.24) is 0 Å². The van der Waals surface area contributed by atoms with Gasteiger partial charge in [0.05, 0.1) is 11.8 Å². The summed E-state index contributed by atoms with van der Waals surface area (Å²) in [4.78, 5) is 22.6. The number of carbonyl (C=O) groups excluding carboxylic acids is 1. The van der Waals surface area contributed by atoms with Gasteiger partial charge in [0.25, 0.3) is 0 Å². The third-order valence-corrected chi connectivity index (χ3v) is 3.27. The van der Waals surface area contributed by atoms with Crippen LogP contribution in [0.5, 0.6) is 0 Å². The van der Waals surface area contributed by atoms with Crippen LogP contribution in [0.15, 0.2) is 22.7 Å². The summed E-state index contributed by atoms with van der Waals surface area (Å²) in [6, 6.07) is 5.37. The van der Waals surface area contributed by atoms with Crippen molar-refractivity contribution >= 4 is 33.5 Å². The Bertz CT molecular complexity index is 472. The summed E-state index contributed by atoms with van der Waals surface area (Å²) in [6.45, 7) is 1.54. The van der Waals surface area contributed by atoms with Gasteiger partial charge in [-0.15, -0.1) is 0 Å². The molecular weight excluding hydrogens is 274 g/mol. The molecule has 0 saturated heterocycles. The van der Waals surface area contributed by atoms with E-state index in [1.165, 1.54) is 0 Å². The summed E-state index contributed by atoms with van der Waals surface area (Å²) in [7, 11) is 0. The number of rotatable bonds is 2. The quantitative estimate of drug-likeness (QED) is 0.875. The smallest absolute Gasteiger partial charge is 0.307 e. The maximum atomic E-state index is 11.7. The van der Waals surface area contributed by atoms with Crippen molar-refractivity contribution in [2.75, 3.05) is 5.32 Å². The van der Waals surface area contributed by atoms with E-state index in [-0.39, 0.29) is 5.91 Å². The minimum Gasteiger partial charge on any atom is -0.481 e. The Morgan fingerprint density at radius 2 is 2.25 bits per heavy atom. The lowest BCUT2D eigenvalue weighted by Crippen LogP contribution is -2.24. The molecule has 5 heteroatoms. The third-order valence-electron chi connectivity index (χ3n) is 2.78. The van der Waals surface area contributed by atoms with Crippen molar-refractivity contribution < 1.29 is 14.7 Å². The Morgan fingerprint density at radius 3 is 2.88 bits per heavy atom. The number of carbonyl (C=O) groups is 2. The van der Waals surface area contributed by atoms with Gasteiger partial charge in [0.2, 0.25) is 5.91 Å². The van der Waals surface area contributed by atoms with E-state index in [0.717, 1.165) is 10.0 Å². The summed E-state index contributed by atoms with van der Waals surface area (Å²) in [6.07, 6.45) is 0. The van der Waals surface area contributed by atoms with E-state index in [4.69, 9.17) is 5.11 Å². The minimum absolute atomic E-state index is 0.247. The fraction of sp³-hybridized carbons (Fsp3) is 0.273. The largest absolute Gasteiger partial charge is 0.481 e. The first-order valence-electron chi connectivity index (χ1n) is 4.84. The van der Waals surface area contributed by atoms with Crippen molar-refractivity contribution in [3.8, 4) is 0 Å². The van der Waals surface area contributed by atoms with Gasteiger partial charge in [-0.2, -0.15) is 0 Å². The zero-order valence-corrected chi connectivity index (χ0v) is 10.1. The predicted molar refractivity (Wildman–Crippen MR) is 62.3 cm³/mol. The van der Waals surface area contributed by atoms with Gasteiger partial charge in [-0.1, -0.05) is 22.9 Å². The molecule has 0 bridgehead atoms. The molecule has 0 saturated carbocycles. The van der Waals surface area contributed by atoms with Crippen molar-refractivity contribution in [2.45, 2.75) is 12.8 Å². The number of fused-ring (bicyclic) bond motifs is 1. The van der Waals surface area contributed by atoms with Gasteiger partial charge in [0, 0.05) is 10.2 Å². The maximum absolute atomic E-state index is 11.7. The Kier molecular flexibility index (Phi) is 2.71. The highest BCUT2D eigenvalue weighted by Gasteiger charge is 2.38. The van der Waals surface area contributed by atoms with Crippen molar-refractivity contribution in [1.29, 1.82) is 0 Å². The van der Waals surface area contributed by atoms with Crippen LogP contribution in [-0.4, -0.2) is 17.0 Å². The molecule has 0 fully saturated rings. The predicted octanol–water partition coefficient (Wildman–Crippen LogP) is 2.21. The maximum Gasteiger partial charge on any atom is 0.307 e. The molecule has 0 aliphatic carbocycles. The van der Waals surface area contributed by atoms with E-state index >= 15 is 0 Å². The molecule has 1 aromatic carbocycles. The molecule has 4 nitrogen and oxygen atoms in total. The second kappa shape index (κ2) is 3.90. The first-order valence-corrected chi connectivity index (χ1v) is 5.63. The number of anilines is 1. The van der Waals surface area contributed by atoms with Gasteiger partial charge in [-0.3, -0.25) is 9.59 Å². The van der Waals surface area contributed by atoms with E-state index in [2.05, 4.69) is 21.2 Å². The van der Waals surface area contributed by atoms with E-state index in [1.54, 1.807) is 19.1 Å². The molecule has 0 radical (unpaired) electrons. The normalized spacial score (nSPS) is 20.1. The molecule has 1 aliphatic rings. The number of hydrogen-bond acceptors (Lipinski definition) is 2. The molecular formula is C11H10BrNO3. The SMILES string of the molecule is CC(C(=O)O)C1C(=O)Nc2ccc(Br)cc21. The van der Waals surface area contributed by atoms with Crippen LogP contribution >= 0.6 is 15.9 Å². The lowest BCUT2D eigenvalue weighted by molar-refractivity contribution is -0.143. The minimum atomic E-state index is -0.965. The first kappa shape index (κ1) is 11.1. The molecule has 84 valence electrons. The highest BCUT2D eigenvalue weighted by molar-refractivity contribution is 9.10.